The number of rotatable bonds is 10. The Morgan fingerprint density at radius 2 is 1.47 bits per heavy atom. The van der Waals surface area contributed by atoms with Crippen molar-refractivity contribution in [1.82, 2.24) is 0 Å². The summed E-state index contributed by atoms with van der Waals surface area (Å²) in [4.78, 5) is 23.2. The summed E-state index contributed by atoms with van der Waals surface area (Å²) >= 11 is 0. The van der Waals surface area contributed by atoms with Crippen LogP contribution in [0.15, 0.2) is 24.3 Å². The number of hydrogen-bond acceptors (Lipinski definition) is 4. The third-order valence-corrected chi connectivity index (χ3v) is 11.2. The molecule has 0 amide bonds. The van der Waals surface area contributed by atoms with E-state index in [0.29, 0.717) is 28.6 Å². The molecule has 0 aliphatic carbocycles. The third kappa shape index (κ3) is 12.5. The van der Waals surface area contributed by atoms with Crippen LogP contribution >= 0.6 is 0 Å². The minimum absolute atomic E-state index is 0.106. The highest BCUT2D eigenvalue weighted by atomic mass is 28.4. The molecule has 0 heterocycles. The molecule has 0 aliphatic heterocycles. The number of carbonyl (C=O) groups excluding carboxylic acids is 2. The van der Waals surface area contributed by atoms with Crippen LogP contribution in [0.25, 0.3) is 0 Å². The summed E-state index contributed by atoms with van der Waals surface area (Å²) in [7, 11) is -3.27. The van der Waals surface area contributed by atoms with E-state index in [1.54, 1.807) is 6.92 Å². The largest absolute Gasteiger partial charge is 0.519 e. The van der Waals surface area contributed by atoms with Crippen molar-refractivity contribution >= 4 is 29.3 Å². The van der Waals surface area contributed by atoms with Gasteiger partial charge in [0.05, 0.1) is 0 Å². The monoisotopic (exact) mass is 456 g/mol. The van der Waals surface area contributed by atoms with E-state index >= 15 is 0 Å². The van der Waals surface area contributed by atoms with Gasteiger partial charge in [-0.05, 0) is 49.0 Å². The highest BCUT2D eigenvalue weighted by Gasteiger charge is 2.44. The van der Waals surface area contributed by atoms with Crippen molar-refractivity contribution < 1.29 is 18.4 Å². The van der Waals surface area contributed by atoms with Gasteiger partial charge in [0, 0.05) is 11.1 Å². The van der Waals surface area contributed by atoms with Crippen molar-refractivity contribution in [2.45, 2.75) is 112 Å². The summed E-state index contributed by atoms with van der Waals surface area (Å²) in [5.74, 6) is -0.410. The van der Waals surface area contributed by atoms with Crippen molar-refractivity contribution in [1.29, 1.82) is 0 Å². The lowest BCUT2D eigenvalue weighted by Crippen LogP contribution is -2.46. The van der Waals surface area contributed by atoms with Crippen molar-refractivity contribution in [3.8, 4) is 0 Å². The maximum atomic E-state index is 11.8. The fourth-order valence-electron chi connectivity index (χ4n) is 3.25. The van der Waals surface area contributed by atoms with Crippen LogP contribution < -0.4 is 0 Å². The second-order valence-corrected chi connectivity index (χ2v) is 17.6. The molecular formula is C24H48O4Si2. The lowest BCUT2D eigenvalue weighted by molar-refractivity contribution is -0.132. The summed E-state index contributed by atoms with van der Waals surface area (Å²) in [5, 5.41) is 0. The van der Waals surface area contributed by atoms with Crippen LogP contribution in [0.2, 0.25) is 30.2 Å². The number of carbonyl (C=O) groups is 2. The minimum Gasteiger partial charge on any atom is -0.519 e. The summed E-state index contributed by atoms with van der Waals surface area (Å²) in [6, 6.07) is 1.07. The van der Waals surface area contributed by atoms with Crippen LogP contribution in [0.4, 0.5) is 0 Å². The topological polar surface area (TPSA) is 52.6 Å². The molecule has 0 bridgehead atoms. The van der Waals surface area contributed by atoms with Crippen LogP contribution in [0.5, 0.6) is 0 Å². The second kappa shape index (κ2) is 14.0. The van der Waals surface area contributed by atoms with Crippen molar-refractivity contribution in [3.63, 3.8) is 0 Å². The molecule has 0 N–H and O–H groups in total. The first-order chi connectivity index (χ1) is 13.5. The normalized spacial score (nSPS) is 11.8. The summed E-state index contributed by atoms with van der Waals surface area (Å²) in [5.41, 5.74) is 2.12. The van der Waals surface area contributed by atoms with E-state index < -0.39 is 17.4 Å². The Hall–Kier alpha value is -1.15. The predicted molar refractivity (Wildman–Crippen MR) is 135 cm³/mol. The van der Waals surface area contributed by atoms with E-state index in [0.717, 1.165) is 18.9 Å². The van der Waals surface area contributed by atoms with Gasteiger partial charge in [-0.25, -0.2) is 9.59 Å². The molecule has 176 valence electrons. The van der Waals surface area contributed by atoms with Crippen LogP contribution in [-0.4, -0.2) is 29.3 Å². The lowest BCUT2D eigenvalue weighted by atomic mass is 9.88. The fourth-order valence-corrected chi connectivity index (χ4v) is 8.34. The molecule has 0 aromatic rings. The molecule has 0 atom stereocenters. The summed E-state index contributed by atoms with van der Waals surface area (Å²) in [6.07, 6.45) is 3.00. The van der Waals surface area contributed by atoms with E-state index in [9.17, 15) is 9.59 Å². The fraction of sp³-hybridized carbons (Fsp3) is 0.750. The molecule has 0 saturated carbocycles. The zero-order chi connectivity index (χ0) is 24.3. The first-order valence-corrected chi connectivity index (χ1v) is 16.3. The van der Waals surface area contributed by atoms with E-state index in [2.05, 4.69) is 68.5 Å². The molecule has 0 rings (SSSR count). The third-order valence-electron chi connectivity index (χ3n) is 4.88. The van der Waals surface area contributed by atoms with Gasteiger partial charge < -0.3 is 8.85 Å². The van der Waals surface area contributed by atoms with Gasteiger partial charge >= 0.3 is 11.9 Å². The average Bonchev–Trinajstić information content (AvgIpc) is 2.56. The highest BCUT2D eigenvalue weighted by Crippen LogP contribution is 2.38. The highest BCUT2D eigenvalue weighted by molar-refractivity contribution is 6.77. The molecule has 4 nitrogen and oxygen atoms in total. The number of hydrogen-bond donors (Lipinski definition) is 0. The van der Waals surface area contributed by atoms with Crippen LogP contribution in [0, 0.1) is 5.41 Å². The van der Waals surface area contributed by atoms with Gasteiger partial charge in [0.1, 0.15) is 0 Å². The van der Waals surface area contributed by atoms with Gasteiger partial charge in [-0.3, -0.25) is 0 Å². The minimum atomic E-state index is -2.01. The lowest BCUT2D eigenvalue weighted by Gasteiger charge is -2.38. The van der Waals surface area contributed by atoms with Crippen molar-refractivity contribution in [2.24, 2.45) is 5.41 Å². The molecule has 0 radical (unpaired) electrons. The van der Waals surface area contributed by atoms with E-state index in [4.69, 9.17) is 8.85 Å². The Kier molecular flexibility index (Phi) is 14.5. The maximum absolute atomic E-state index is 11.8. The standard InChI is InChI=1S/C14H28O2Si.C10H20O2Si/c1-8-9-10-17(12(4)5,13(6)7)16-14(15)11(2)3;1-8(7-10(2,3)4)9(11)12-13(5)6/h12-13H,2,8-10H2,1,3-7H3;13H,1,7H2,2-6H3. The SMILES string of the molecule is C=C(C)C(=O)O[Si](CCCC)(C(C)C)C(C)C.C=C(CC(C)(C)C)C(=O)O[SiH](C)C. The van der Waals surface area contributed by atoms with Crippen LogP contribution in [-0.2, 0) is 18.4 Å². The molecule has 0 aliphatic rings. The Morgan fingerprint density at radius 3 is 1.77 bits per heavy atom. The van der Waals surface area contributed by atoms with Gasteiger partial charge in [0.15, 0.2) is 0 Å². The molecule has 30 heavy (non-hydrogen) atoms. The van der Waals surface area contributed by atoms with E-state index in [1.807, 2.05) is 13.1 Å². The average molecular weight is 457 g/mol. The quantitative estimate of drug-likeness (QED) is 0.258. The zero-order valence-corrected chi connectivity index (χ0v) is 23.8. The van der Waals surface area contributed by atoms with E-state index in [1.165, 1.54) is 0 Å². The Labute approximate surface area is 189 Å². The van der Waals surface area contributed by atoms with Gasteiger partial charge in [0.2, 0.25) is 9.04 Å². The Balaban J connectivity index is 0. The molecule has 0 unspecified atom stereocenters. The molecule has 0 spiro atoms. The Bertz CT molecular complexity index is 564. The molecule has 0 aromatic carbocycles. The second-order valence-electron chi connectivity index (χ2n) is 10.3. The van der Waals surface area contributed by atoms with Crippen LogP contribution in [0.1, 0.15) is 81.6 Å². The maximum Gasteiger partial charge on any atom is 0.319 e. The Morgan fingerprint density at radius 1 is 1.00 bits per heavy atom. The van der Waals surface area contributed by atoms with Gasteiger partial charge in [-0.2, -0.15) is 0 Å². The van der Waals surface area contributed by atoms with Crippen LogP contribution in [0.3, 0.4) is 0 Å². The number of unbranched alkanes of at least 4 members (excludes halogenated alkanes) is 1. The first kappa shape index (κ1) is 31.0. The smallest absolute Gasteiger partial charge is 0.319 e. The van der Waals surface area contributed by atoms with Gasteiger partial charge in [0.25, 0.3) is 8.32 Å². The molecule has 0 aromatic heterocycles. The van der Waals surface area contributed by atoms with Gasteiger partial charge in [-0.15, -0.1) is 0 Å². The zero-order valence-electron chi connectivity index (χ0n) is 21.6. The predicted octanol–water partition coefficient (Wildman–Crippen LogP) is 7.18. The molecular weight excluding hydrogens is 408 g/mol. The molecule has 0 fully saturated rings. The van der Waals surface area contributed by atoms with Gasteiger partial charge in [-0.1, -0.05) is 81.4 Å². The van der Waals surface area contributed by atoms with Crippen molar-refractivity contribution in [2.75, 3.05) is 0 Å². The summed E-state index contributed by atoms with van der Waals surface area (Å²) < 4.78 is 11.1. The first-order valence-electron chi connectivity index (χ1n) is 11.3. The molecule has 6 heteroatoms. The van der Waals surface area contributed by atoms with E-state index in [-0.39, 0.29) is 17.4 Å². The summed E-state index contributed by atoms with van der Waals surface area (Å²) in [6.45, 7) is 30.3. The molecule has 0 saturated heterocycles. The van der Waals surface area contributed by atoms with Crippen molar-refractivity contribution in [3.05, 3.63) is 24.3 Å².